The molecule has 2 rings (SSSR count). The van der Waals surface area contributed by atoms with Gasteiger partial charge in [-0.1, -0.05) is 31.1 Å². The second kappa shape index (κ2) is 8.00. The molecule has 1 unspecified atom stereocenters. The number of hydrogen-bond donors (Lipinski definition) is 0. The van der Waals surface area contributed by atoms with Gasteiger partial charge in [0.1, 0.15) is 18.5 Å². The van der Waals surface area contributed by atoms with Crippen LogP contribution in [0.2, 0.25) is 0 Å². The Morgan fingerprint density at radius 3 is 2.89 bits per heavy atom. The lowest BCUT2D eigenvalue weighted by atomic mass is 10.1. The minimum atomic E-state index is 0.327. The minimum Gasteiger partial charge on any atom is -0.491 e. The summed E-state index contributed by atoms with van der Waals surface area (Å²) < 4.78 is 10.8. The second-order valence-electron chi connectivity index (χ2n) is 5.16. The molecular formula is C17H24O2. The van der Waals surface area contributed by atoms with E-state index in [-0.39, 0.29) is 0 Å². The van der Waals surface area contributed by atoms with Gasteiger partial charge in [-0.25, -0.2) is 0 Å². The van der Waals surface area contributed by atoms with Crippen molar-refractivity contribution < 1.29 is 9.47 Å². The van der Waals surface area contributed by atoms with Crippen molar-refractivity contribution in [2.24, 2.45) is 0 Å². The SMILES string of the molecule is C=CCCCCCCc1cccc(OCC2CO2)c1. The summed E-state index contributed by atoms with van der Waals surface area (Å²) in [7, 11) is 0. The van der Waals surface area contributed by atoms with Crippen LogP contribution < -0.4 is 4.74 Å². The van der Waals surface area contributed by atoms with E-state index >= 15 is 0 Å². The predicted octanol–water partition coefficient (Wildman–Crippen LogP) is 4.14. The molecule has 19 heavy (non-hydrogen) atoms. The van der Waals surface area contributed by atoms with Crippen LogP contribution in [0.4, 0.5) is 0 Å². The van der Waals surface area contributed by atoms with E-state index in [9.17, 15) is 0 Å². The van der Waals surface area contributed by atoms with Crippen LogP contribution in [-0.4, -0.2) is 19.3 Å². The number of unbranched alkanes of at least 4 members (excludes halogenated alkanes) is 4. The lowest BCUT2D eigenvalue weighted by Crippen LogP contribution is -2.04. The summed E-state index contributed by atoms with van der Waals surface area (Å²) in [5, 5.41) is 0. The quantitative estimate of drug-likeness (QED) is 0.358. The minimum absolute atomic E-state index is 0.327. The number of allylic oxidation sites excluding steroid dienone is 1. The third-order valence-corrected chi connectivity index (χ3v) is 3.36. The van der Waals surface area contributed by atoms with Crippen LogP contribution >= 0.6 is 0 Å². The Labute approximate surface area is 116 Å². The van der Waals surface area contributed by atoms with Crippen LogP contribution in [0.25, 0.3) is 0 Å². The molecule has 0 bridgehead atoms. The molecule has 1 aliphatic rings. The molecule has 0 saturated carbocycles. The summed E-state index contributed by atoms with van der Waals surface area (Å²) in [5.74, 6) is 0.972. The Hall–Kier alpha value is -1.28. The molecule has 2 nitrogen and oxygen atoms in total. The normalized spacial score (nSPS) is 17.2. The van der Waals surface area contributed by atoms with Crippen molar-refractivity contribution in [3.63, 3.8) is 0 Å². The van der Waals surface area contributed by atoms with Crippen molar-refractivity contribution >= 4 is 0 Å². The van der Waals surface area contributed by atoms with Crippen LogP contribution in [-0.2, 0) is 11.2 Å². The van der Waals surface area contributed by atoms with Gasteiger partial charge in [0.15, 0.2) is 0 Å². The first kappa shape index (κ1) is 14.1. The number of benzene rings is 1. The smallest absolute Gasteiger partial charge is 0.119 e. The number of epoxide rings is 1. The Bertz CT molecular complexity index is 383. The number of rotatable bonds is 10. The van der Waals surface area contributed by atoms with E-state index in [1.54, 1.807) is 0 Å². The second-order valence-corrected chi connectivity index (χ2v) is 5.16. The summed E-state index contributed by atoms with van der Waals surface area (Å²) in [4.78, 5) is 0. The standard InChI is InChI=1S/C17H24O2/c1-2-3-4-5-6-7-9-15-10-8-11-16(12-15)18-13-17-14-19-17/h2,8,10-12,17H,1,3-7,9,13-14H2. The van der Waals surface area contributed by atoms with E-state index in [0.29, 0.717) is 12.7 Å². The molecule has 0 amide bonds. The summed E-state index contributed by atoms with van der Waals surface area (Å²) in [6, 6.07) is 8.45. The zero-order valence-electron chi connectivity index (χ0n) is 11.6. The van der Waals surface area contributed by atoms with Gasteiger partial charge in [0, 0.05) is 0 Å². The molecule has 1 heterocycles. The van der Waals surface area contributed by atoms with Crippen molar-refractivity contribution in [3.8, 4) is 5.75 Å². The van der Waals surface area contributed by atoms with Crippen LogP contribution in [0.3, 0.4) is 0 Å². The van der Waals surface area contributed by atoms with E-state index in [4.69, 9.17) is 9.47 Å². The Morgan fingerprint density at radius 2 is 2.11 bits per heavy atom. The first-order valence-electron chi connectivity index (χ1n) is 7.33. The van der Waals surface area contributed by atoms with Gasteiger partial charge in [-0.15, -0.1) is 6.58 Å². The van der Waals surface area contributed by atoms with Gasteiger partial charge in [-0.2, -0.15) is 0 Å². The maximum Gasteiger partial charge on any atom is 0.119 e. The molecule has 0 aromatic heterocycles. The first-order chi connectivity index (χ1) is 9.38. The Kier molecular flexibility index (Phi) is 5.96. The van der Waals surface area contributed by atoms with E-state index in [1.807, 2.05) is 12.1 Å². The lowest BCUT2D eigenvalue weighted by Gasteiger charge is -2.07. The summed E-state index contributed by atoms with van der Waals surface area (Å²) >= 11 is 0. The van der Waals surface area contributed by atoms with Gasteiger partial charge in [-0.05, 0) is 43.4 Å². The van der Waals surface area contributed by atoms with Gasteiger partial charge in [0.25, 0.3) is 0 Å². The van der Waals surface area contributed by atoms with Crippen LogP contribution in [0, 0.1) is 0 Å². The number of hydrogen-bond acceptors (Lipinski definition) is 2. The molecule has 0 N–H and O–H groups in total. The van der Waals surface area contributed by atoms with Crippen molar-refractivity contribution in [3.05, 3.63) is 42.5 Å². The van der Waals surface area contributed by atoms with Crippen molar-refractivity contribution in [2.45, 2.75) is 44.6 Å². The zero-order valence-corrected chi connectivity index (χ0v) is 11.6. The molecule has 1 aromatic carbocycles. The highest BCUT2D eigenvalue weighted by Crippen LogP contribution is 2.18. The molecule has 2 heteroatoms. The molecule has 0 spiro atoms. The lowest BCUT2D eigenvalue weighted by molar-refractivity contribution is 0.263. The van der Waals surface area contributed by atoms with Crippen LogP contribution in [0.1, 0.15) is 37.7 Å². The van der Waals surface area contributed by atoms with Gasteiger partial charge in [0.2, 0.25) is 0 Å². The van der Waals surface area contributed by atoms with Gasteiger partial charge < -0.3 is 9.47 Å². The van der Waals surface area contributed by atoms with Crippen molar-refractivity contribution in [2.75, 3.05) is 13.2 Å². The van der Waals surface area contributed by atoms with E-state index in [2.05, 4.69) is 24.8 Å². The number of aryl methyl sites for hydroxylation is 1. The predicted molar refractivity (Wildman–Crippen MR) is 78.7 cm³/mol. The van der Waals surface area contributed by atoms with Crippen molar-refractivity contribution in [1.82, 2.24) is 0 Å². The monoisotopic (exact) mass is 260 g/mol. The average Bonchev–Trinajstić information content (AvgIpc) is 3.25. The molecule has 0 radical (unpaired) electrons. The first-order valence-corrected chi connectivity index (χ1v) is 7.33. The highest BCUT2D eigenvalue weighted by Gasteiger charge is 2.22. The van der Waals surface area contributed by atoms with Crippen molar-refractivity contribution in [1.29, 1.82) is 0 Å². The largest absolute Gasteiger partial charge is 0.491 e. The molecule has 1 aliphatic heterocycles. The molecule has 1 aromatic rings. The highest BCUT2D eigenvalue weighted by atomic mass is 16.6. The fourth-order valence-electron chi connectivity index (χ4n) is 2.12. The third-order valence-electron chi connectivity index (χ3n) is 3.36. The van der Waals surface area contributed by atoms with E-state index < -0.39 is 0 Å². The maximum atomic E-state index is 5.69. The molecule has 0 aliphatic carbocycles. The van der Waals surface area contributed by atoms with Gasteiger partial charge in [-0.3, -0.25) is 0 Å². The third kappa shape index (κ3) is 5.93. The number of ether oxygens (including phenoxy) is 2. The fourth-order valence-corrected chi connectivity index (χ4v) is 2.12. The Balaban J connectivity index is 1.64. The van der Waals surface area contributed by atoms with Crippen LogP contribution in [0.5, 0.6) is 5.75 Å². The average molecular weight is 260 g/mol. The fraction of sp³-hybridized carbons (Fsp3) is 0.529. The molecule has 1 saturated heterocycles. The molecule has 104 valence electrons. The van der Waals surface area contributed by atoms with Crippen LogP contribution in [0.15, 0.2) is 36.9 Å². The van der Waals surface area contributed by atoms with E-state index in [1.165, 1.54) is 31.2 Å². The topological polar surface area (TPSA) is 21.8 Å². The summed E-state index contributed by atoms with van der Waals surface area (Å²) in [6.07, 6.45) is 9.76. The summed E-state index contributed by atoms with van der Waals surface area (Å²) in [5.41, 5.74) is 1.37. The summed E-state index contributed by atoms with van der Waals surface area (Å²) in [6.45, 7) is 5.28. The zero-order chi connectivity index (χ0) is 13.3. The maximum absolute atomic E-state index is 5.69. The van der Waals surface area contributed by atoms with E-state index in [0.717, 1.165) is 25.2 Å². The van der Waals surface area contributed by atoms with Gasteiger partial charge in [0.05, 0.1) is 6.61 Å². The Morgan fingerprint density at radius 1 is 1.26 bits per heavy atom. The molecule has 1 fully saturated rings. The molecule has 1 atom stereocenters. The molecular weight excluding hydrogens is 236 g/mol. The highest BCUT2D eigenvalue weighted by molar-refractivity contribution is 5.28. The van der Waals surface area contributed by atoms with Gasteiger partial charge >= 0.3 is 0 Å².